The summed E-state index contributed by atoms with van der Waals surface area (Å²) in [7, 11) is 0. The van der Waals surface area contributed by atoms with Crippen LogP contribution >= 0.6 is 0 Å². The second-order valence-corrected chi connectivity index (χ2v) is 6.46. The van der Waals surface area contributed by atoms with Crippen molar-refractivity contribution in [1.29, 1.82) is 0 Å². The van der Waals surface area contributed by atoms with Crippen LogP contribution in [0.2, 0.25) is 0 Å². The van der Waals surface area contributed by atoms with E-state index in [4.69, 9.17) is 9.47 Å². The van der Waals surface area contributed by atoms with Crippen molar-refractivity contribution in [3.05, 3.63) is 53.6 Å². The van der Waals surface area contributed by atoms with Crippen molar-refractivity contribution in [3.8, 4) is 5.75 Å². The first-order chi connectivity index (χ1) is 12.3. The van der Waals surface area contributed by atoms with Crippen molar-refractivity contribution in [3.63, 3.8) is 0 Å². The minimum Gasteiger partial charge on any atom is -0.490 e. The lowest BCUT2D eigenvalue weighted by atomic mass is 9.91. The summed E-state index contributed by atoms with van der Waals surface area (Å²) in [4.78, 5) is 12.0. The van der Waals surface area contributed by atoms with Gasteiger partial charge in [-0.25, -0.2) is 4.79 Å². The van der Waals surface area contributed by atoms with E-state index >= 15 is 0 Å². The lowest BCUT2D eigenvalue weighted by molar-refractivity contribution is -0.156. The molecule has 1 atom stereocenters. The van der Waals surface area contributed by atoms with Gasteiger partial charge in [0.1, 0.15) is 18.5 Å². The van der Waals surface area contributed by atoms with Crippen LogP contribution < -0.4 is 4.74 Å². The molecule has 1 unspecified atom stereocenters. The van der Waals surface area contributed by atoms with E-state index in [1.165, 1.54) is 12.8 Å². The molecular weight excluding hydrogens is 312 g/mol. The van der Waals surface area contributed by atoms with E-state index < -0.39 is 0 Å². The molecule has 1 aliphatic heterocycles. The summed E-state index contributed by atoms with van der Waals surface area (Å²) in [5.74, 6) is 0.719. The third-order valence-electron chi connectivity index (χ3n) is 4.42. The molecular formula is C22H30O3. The zero-order valence-electron chi connectivity index (χ0n) is 15.5. The summed E-state index contributed by atoms with van der Waals surface area (Å²) in [5, 5.41) is 0. The Kier molecular flexibility index (Phi) is 8.30. The highest BCUT2D eigenvalue weighted by Crippen LogP contribution is 2.31. The molecule has 1 saturated heterocycles. The molecule has 1 aliphatic rings. The van der Waals surface area contributed by atoms with Gasteiger partial charge in [-0.3, -0.25) is 0 Å². The largest absolute Gasteiger partial charge is 0.490 e. The first kappa shape index (κ1) is 19.3. The van der Waals surface area contributed by atoms with Gasteiger partial charge in [-0.2, -0.15) is 0 Å². The zero-order valence-corrected chi connectivity index (χ0v) is 15.5. The van der Waals surface area contributed by atoms with E-state index in [0.29, 0.717) is 6.61 Å². The van der Waals surface area contributed by atoms with Gasteiger partial charge in [0.05, 0.1) is 5.57 Å². The topological polar surface area (TPSA) is 35.5 Å². The van der Waals surface area contributed by atoms with Crippen molar-refractivity contribution < 1.29 is 14.3 Å². The van der Waals surface area contributed by atoms with E-state index in [9.17, 15) is 4.79 Å². The number of hydrogen-bond donors (Lipinski definition) is 0. The van der Waals surface area contributed by atoms with E-state index in [0.717, 1.165) is 49.0 Å². The van der Waals surface area contributed by atoms with Crippen molar-refractivity contribution in [2.75, 3.05) is 6.61 Å². The molecule has 0 aliphatic carbocycles. The van der Waals surface area contributed by atoms with E-state index in [1.807, 2.05) is 36.4 Å². The Morgan fingerprint density at radius 2 is 1.88 bits per heavy atom. The molecule has 0 radical (unpaired) electrons. The molecule has 2 rings (SSSR count). The number of allylic oxidation sites excluding steroid dienone is 2. The van der Waals surface area contributed by atoms with Gasteiger partial charge in [-0.1, -0.05) is 57.4 Å². The second kappa shape index (κ2) is 10.8. The molecule has 0 spiro atoms. The Morgan fingerprint density at radius 1 is 1.12 bits per heavy atom. The highest BCUT2D eigenvalue weighted by atomic mass is 16.6. The van der Waals surface area contributed by atoms with Crippen LogP contribution in [0.1, 0.15) is 58.8 Å². The average Bonchev–Trinajstić information content (AvgIpc) is 2.63. The predicted molar refractivity (Wildman–Crippen MR) is 102 cm³/mol. The fourth-order valence-electron chi connectivity index (χ4n) is 2.97. The van der Waals surface area contributed by atoms with E-state index in [1.54, 1.807) is 0 Å². The molecule has 1 aromatic rings. The SMILES string of the molecule is CCCCCC1OC(=O)/C1=C(\C=C\COc1ccccc1)CCCC. The van der Waals surface area contributed by atoms with Crippen LogP contribution in [0, 0.1) is 0 Å². The number of rotatable bonds is 11. The van der Waals surface area contributed by atoms with Crippen LogP contribution in [0.3, 0.4) is 0 Å². The summed E-state index contributed by atoms with van der Waals surface area (Å²) in [5.41, 5.74) is 2.01. The standard InChI is InChI=1S/C22H30O3/c1-3-5-8-16-20-21(22(23)25-20)18(12-6-4-2)13-11-17-24-19-14-9-7-10-15-19/h7,9-11,13-15,20H,3-6,8,12,16-17H2,1-2H3/b13-11+,21-18-. The lowest BCUT2D eigenvalue weighted by Crippen LogP contribution is -2.37. The Morgan fingerprint density at radius 3 is 2.56 bits per heavy atom. The van der Waals surface area contributed by atoms with Crippen LogP contribution in [0.15, 0.2) is 53.6 Å². The smallest absolute Gasteiger partial charge is 0.338 e. The molecule has 25 heavy (non-hydrogen) atoms. The Labute approximate surface area is 151 Å². The average molecular weight is 342 g/mol. The summed E-state index contributed by atoms with van der Waals surface area (Å²) in [6, 6.07) is 9.77. The van der Waals surface area contributed by atoms with Gasteiger partial charge in [-0.05, 0) is 49.5 Å². The molecule has 1 fully saturated rings. The maximum atomic E-state index is 12.0. The molecule has 1 aromatic carbocycles. The van der Waals surface area contributed by atoms with Gasteiger partial charge < -0.3 is 9.47 Å². The molecule has 0 bridgehead atoms. The second-order valence-electron chi connectivity index (χ2n) is 6.46. The number of cyclic esters (lactones) is 1. The lowest BCUT2D eigenvalue weighted by Gasteiger charge is -2.31. The first-order valence-electron chi connectivity index (χ1n) is 9.54. The third kappa shape index (κ3) is 6.08. The molecule has 0 amide bonds. The molecule has 0 aromatic heterocycles. The Balaban J connectivity index is 1.98. The van der Waals surface area contributed by atoms with Crippen LogP contribution in [0.25, 0.3) is 0 Å². The molecule has 136 valence electrons. The monoisotopic (exact) mass is 342 g/mol. The molecule has 0 N–H and O–H groups in total. The van der Waals surface area contributed by atoms with Gasteiger partial charge in [0.15, 0.2) is 0 Å². The number of carbonyl (C=O) groups excluding carboxylic acids is 1. The highest BCUT2D eigenvalue weighted by Gasteiger charge is 2.37. The van der Waals surface area contributed by atoms with Gasteiger partial charge >= 0.3 is 5.97 Å². The van der Waals surface area contributed by atoms with Crippen LogP contribution in [0.4, 0.5) is 0 Å². The predicted octanol–water partition coefficient (Wildman–Crippen LogP) is 5.61. The van der Waals surface area contributed by atoms with E-state index in [2.05, 4.69) is 19.9 Å². The fraction of sp³-hybridized carbons (Fsp3) is 0.500. The van der Waals surface area contributed by atoms with Crippen molar-refractivity contribution >= 4 is 5.97 Å². The number of unbranched alkanes of at least 4 members (excludes halogenated alkanes) is 3. The zero-order chi connectivity index (χ0) is 17.9. The summed E-state index contributed by atoms with van der Waals surface area (Å²) in [6.45, 7) is 4.86. The highest BCUT2D eigenvalue weighted by molar-refractivity contribution is 5.96. The van der Waals surface area contributed by atoms with Crippen LogP contribution in [0.5, 0.6) is 5.75 Å². The molecule has 1 heterocycles. The fourth-order valence-corrected chi connectivity index (χ4v) is 2.97. The van der Waals surface area contributed by atoms with Crippen molar-refractivity contribution in [1.82, 2.24) is 0 Å². The quantitative estimate of drug-likeness (QED) is 0.298. The van der Waals surface area contributed by atoms with Gasteiger partial charge in [0, 0.05) is 0 Å². The number of carbonyl (C=O) groups is 1. The molecule has 3 nitrogen and oxygen atoms in total. The van der Waals surface area contributed by atoms with Gasteiger partial charge in [0.25, 0.3) is 0 Å². The Bertz CT molecular complexity index is 587. The maximum absolute atomic E-state index is 12.0. The molecule has 3 heteroatoms. The normalized spacial score (nSPS) is 18.8. The number of para-hydroxylation sites is 1. The van der Waals surface area contributed by atoms with Crippen molar-refractivity contribution in [2.45, 2.75) is 64.9 Å². The van der Waals surface area contributed by atoms with E-state index in [-0.39, 0.29) is 12.1 Å². The van der Waals surface area contributed by atoms with Crippen molar-refractivity contribution in [2.24, 2.45) is 0 Å². The number of esters is 1. The van der Waals surface area contributed by atoms with Gasteiger partial charge in [-0.15, -0.1) is 0 Å². The summed E-state index contributed by atoms with van der Waals surface area (Å²) in [6.07, 6.45) is 11.6. The minimum absolute atomic E-state index is 0.00871. The minimum atomic E-state index is -0.138. The Hall–Kier alpha value is -2.03. The number of ether oxygens (including phenoxy) is 2. The third-order valence-corrected chi connectivity index (χ3v) is 4.42. The molecule has 0 saturated carbocycles. The van der Waals surface area contributed by atoms with Crippen LogP contribution in [-0.4, -0.2) is 18.7 Å². The summed E-state index contributed by atoms with van der Waals surface area (Å²) < 4.78 is 11.1. The first-order valence-corrected chi connectivity index (χ1v) is 9.54. The summed E-state index contributed by atoms with van der Waals surface area (Å²) >= 11 is 0. The number of benzene rings is 1. The number of hydrogen-bond acceptors (Lipinski definition) is 3. The van der Waals surface area contributed by atoms with Gasteiger partial charge in [0.2, 0.25) is 0 Å². The maximum Gasteiger partial charge on any atom is 0.338 e. The van der Waals surface area contributed by atoms with Crippen LogP contribution in [-0.2, 0) is 9.53 Å².